The molecular formula is C11H14FN3O. The van der Waals surface area contributed by atoms with Gasteiger partial charge in [0.1, 0.15) is 5.82 Å². The maximum Gasteiger partial charge on any atom is 0.175 e. The molecule has 5 heteroatoms. The van der Waals surface area contributed by atoms with Crippen LogP contribution in [0.15, 0.2) is 23.4 Å². The van der Waals surface area contributed by atoms with Crippen LogP contribution in [-0.4, -0.2) is 24.1 Å². The van der Waals surface area contributed by atoms with Crippen molar-refractivity contribution in [3.8, 4) is 0 Å². The molecule has 86 valence electrons. The first-order valence-electron chi connectivity index (χ1n) is 5.25. The van der Waals surface area contributed by atoms with E-state index in [0.29, 0.717) is 5.69 Å². The third-order valence-electron chi connectivity index (χ3n) is 2.80. The zero-order chi connectivity index (χ0) is 11.5. The van der Waals surface area contributed by atoms with Crippen LogP contribution in [-0.2, 0) is 0 Å². The summed E-state index contributed by atoms with van der Waals surface area (Å²) in [6.45, 7) is 1.77. The highest BCUT2D eigenvalue weighted by molar-refractivity contribution is 6.02. The van der Waals surface area contributed by atoms with Gasteiger partial charge in [0, 0.05) is 13.1 Å². The quantitative estimate of drug-likeness (QED) is 0.346. The first-order chi connectivity index (χ1) is 7.74. The first-order valence-corrected chi connectivity index (χ1v) is 5.25. The molecule has 0 atom stereocenters. The lowest BCUT2D eigenvalue weighted by Crippen LogP contribution is -2.24. The Morgan fingerprint density at radius 1 is 1.38 bits per heavy atom. The van der Waals surface area contributed by atoms with Crippen molar-refractivity contribution in [3.63, 3.8) is 0 Å². The highest BCUT2D eigenvalue weighted by Crippen LogP contribution is 2.26. The maximum atomic E-state index is 13.6. The van der Waals surface area contributed by atoms with Gasteiger partial charge in [-0.3, -0.25) is 0 Å². The van der Waals surface area contributed by atoms with Gasteiger partial charge in [0.15, 0.2) is 5.84 Å². The predicted molar refractivity (Wildman–Crippen MR) is 60.4 cm³/mol. The molecule has 0 aliphatic carbocycles. The molecule has 1 saturated heterocycles. The highest BCUT2D eigenvalue weighted by Gasteiger charge is 2.20. The molecule has 4 nitrogen and oxygen atoms in total. The van der Waals surface area contributed by atoms with Gasteiger partial charge in [-0.25, -0.2) is 4.39 Å². The lowest BCUT2D eigenvalue weighted by atomic mass is 10.1. The second-order valence-corrected chi connectivity index (χ2v) is 3.81. The zero-order valence-electron chi connectivity index (χ0n) is 8.86. The number of benzene rings is 1. The second-order valence-electron chi connectivity index (χ2n) is 3.81. The van der Waals surface area contributed by atoms with E-state index in [2.05, 4.69) is 10.1 Å². The fraction of sp³-hybridized carbons (Fsp3) is 0.364. The Morgan fingerprint density at radius 2 is 2.06 bits per heavy atom. The molecule has 1 aromatic rings. The molecule has 3 N–H and O–H groups in total. The third-order valence-corrected chi connectivity index (χ3v) is 2.80. The van der Waals surface area contributed by atoms with E-state index in [-0.39, 0.29) is 11.4 Å². The first kappa shape index (κ1) is 10.7. The minimum Gasteiger partial charge on any atom is -0.409 e. The molecule has 0 aromatic heterocycles. The summed E-state index contributed by atoms with van der Waals surface area (Å²) in [4.78, 5) is 2.05. The molecule has 1 aromatic carbocycles. The summed E-state index contributed by atoms with van der Waals surface area (Å²) in [5, 5.41) is 11.5. The van der Waals surface area contributed by atoms with Crippen LogP contribution in [0.1, 0.15) is 18.4 Å². The van der Waals surface area contributed by atoms with E-state index in [0.717, 1.165) is 25.9 Å². The van der Waals surface area contributed by atoms with Gasteiger partial charge in [-0.2, -0.15) is 0 Å². The molecule has 0 radical (unpaired) electrons. The van der Waals surface area contributed by atoms with Crippen LogP contribution >= 0.6 is 0 Å². The summed E-state index contributed by atoms with van der Waals surface area (Å²) in [6.07, 6.45) is 2.18. The van der Waals surface area contributed by atoms with Crippen molar-refractivity contribution < 1.29 is 9.60 Å². The molecule has 1 fully saturated rings. The number of hydrogen-bond donors (Lipinski definition) is 2. The van der Waals surface area contributed by atoms with Crippen molar-refractivity contribution in [2.24, 2.45) is 10.9 Å². The van der Waals surface area contributed by atoms with Crippen LogP contribution in [0.5, 0.6) is 0 Å². The van der Waals surface area contributed by atoms with Crippen molar-refractivity contribution >= 4 is 11.5 Å². The largest absolute Gasteiger partial charge is 0.409 e. The number of halogens is 1. The zero-order valence-corrected chi connectivity index (χ0v) is 8.86. The van der Waals surface area contributed by atoms with Crippen LogP contribution in [0.2, 0.25) is 0 Å². The van der Waals surface area contributed by atoms with Crippen molar-refractivity contribution in [1.29, 1.82) is 0 Å². The third kappa shape index (κ3) is 1.80. The molecule has 16 heavy (non-hydrogen) atoms. The minimum atomic E-state index is -0.459. The van der Waals surface area contributed by atoms with Gasteiger partial charge in [0.2, 0.25) is 0 Å². The van der Waals surface area contributed by atoms with Gasteiger partial charge < -0.3 is 15.8 Å². The maximum absolute atomic E-state index is 13.6. The summed E-state index contributed by atoms with van der Waals surface area (Å²) in [7, 11) is 0. The highest BCUT2D eigenvalue weighted by atomic mass is 19.1. The smallest absolute Gasteiger partial charge is 0.175 e. The number of oxime groups is 1. The van der Waals surface area contributed by atoms with Gasteiger partial charge >= 0.3 is 0 Å². The van der Waals surface area contributed by atoms with E-state index in [4.69, 9.17) is 10.9 Å². The molecule has 0 saturated carbocycles. The number of anilines is 1. The number of amidine groups is 1. The van der Waals surface area contributed by atoms with E-state index in [1.807, 2.05) is 0 Å². The molecule has 1 aliphatic heterocycles. The molecule has 1 aliphatic rings. The Labute approximate surface area is 93.2 Å². The van der Waals surface area contributed by atoms with E-state index in [1.165, 1.54) is 6.07 Å². The van der Waals surface area contributed by atoms with Gasteiger partial charge in [-0.15, -0.1) is 0 Å². The summed E-state index contributed by atoms with van der Waals surface area (Å²) in [5.41, 5.74) is 6.39. The van der Waals surface area contributed by atoms with Gasteiger partial charge in [0.25, 0.3) is 0 Å². The molecule has 0 bridgehead atoms. The second kappa shape index (κ2) is 4.38. The number of rotatable bonds is 2. The van der Waals surface area contributed by atoms with Crippen molar-refractivity contribution in [1.82, 2.24) is 0 Å². The van der Waals surface area contributed by atoms with Crippen molar-refractivity contribution in [2.75, 3.05) is 18.0 Å². The Bertz CT molecular complexity index is 414. The van der Waals surface area contributed by atoms with E-state index in [9.17, 15) is 4.39 Å². The number of hydrogen-bond acceptors (Lipinski definition) is 3. The Hall–Kier alpha value is -1.78. The van der Waals surface area contributed by atoms with Crippen LogP contribution in [0.4, 0.5) is 10.1 Å². The number of nitrogens with zero attached hydrogens (tertiary/aromatic N) is 2. The van der Waals surface area contributed by atoms with Gasteiger partial charge in [0.05, 0.1) is 11.3 Å². The Kier molecular flexibility index (Phi) is 2.94. The monoisotopic (exact) mass is 223 g/mol. The minimum absolute atomic E-state index is 0.181. The molecule has 0 spiro atoms. The van der Waals surface area contributed by atoms with Crippen molar-refractivity contribution in [3.05, 3.63) is 29.6 Å². The van der Waals surface area contributed by atoms with E-state index in [1.54, 1.807) is 12.1 Å². The molecule has 2 rings (SSSR count). The van der Waals surface area contributed by atoms with Crippen LogP contribution < -0.4 is 10.6 Å². The summed E-state index contributed by atoms with van der Waals surface area (Å²) in [5.74, 6) is -0.639. The van der Waals surface area contributed by atoms with E-state index >= 15 is 0 Å². The Morgan fingerprint density at radius 3 is 2.69 bits per heavy atom. The van der Waals surface area contributed by atoms with Crippen LogP contribution in [0, 0.1) is 5.82 Å². The van der Waals surface area contributed by atoms with Gasteiger partial charge in [-0.05, 0) is 25.0 Å². The predicted octanol–water partition coefficient (Wildman–Crippen LogP) is 1.52. The van der Waals surface area contributed by atoms with Crippen molar-refractivity contribution in [2.45, 2.75) is 12.8 Å². The van der Waals surface area contributed by atoms with Crippen LogP contribution in [0.25, 0.3) is 0 Å². The molecule has 1 heterocycles. The summed E-state index contributed by atoms with van der Waals surface area (Å²) >= 11 is 0. The summed E-state index contributed by atoms with van der Waals surface area (Å²) < 4.78 is 13.6. The molecule has 0 amide bonds. The standard InChI is InChI=1S/C11H14FN3O/c12-8-4-3-5-9(10(8)11(13)14-16)15-6-1-2-7-15/h3-5,16H,1-2,6-7H2,(H2,13,14). The topological polar surface area (TPSA) is 61.9 Å². The molecule has 0 unspecified atom stereocenters. The van der Waals surface area contributed by atoms with Gasteiger partial charge in [-0.1, -0.05) is 11.2 Å². The summed E-state index contributed by atoms with van der Waals surface area (Å²) in [6, 6.07) is 4.74. The average molecular weight is 223 g/mol. The van der Waals surface area contributed by atoms with E-state index < -0.39 is 5.82 Å². The lowest BCUT2D eigenvalue weighted by Gasteiger charge is -2.20. The number of nitrogens with two attached hydrogens (primary N) is 1. The SMILES string of the molecule is NC(=NO)c1c(F)cccc1N1CCCC1. The fourth-order valence-corrected chi connectivity index (χ4v) is 2.04. The fourth-order valence-electron chi connectivity index (χ4n) is 2.04. The average Bonchev–Trinajstić information content (AvgIpc) is 2.81. The Balaban J connectivity index is 2.47. The lowest BCUT2D eigenvalue weighted by molar-refractivity contribution is 0.318. The molecular weight excluding hydrogens is 209 g/mol. The van der Waals surface area contributed by atoms with Crippen LogP contribution in [0.3, 0.4) is 0 Å². The normalized spacial score (nSPS) is 16.8.